The highest BCUT2D eigenvalue weighted by atomic mass is 35.5. The summed E-state index contributed by atoms with van der Waals surface area (Å²) in [5.41, 5.74) is 0.104. The molecule has 0 saturated heterocycles. The number of carbonyl (C=O) groups is 2. The van der Waals surface area contributed by atoms with Gasteiger partial charge in [0.25, 0.3) is 0 Å². The number of nitrogens with zero attached hydrogens (tertiary/aromatic N) is 1. The zero-order valence-electron chi connectivity index (χ0n) is 14.4. The van der Waals surface area contributed by atoms with Gasteiger partial charge in [-0.3, -0.25) is 10.1 Å². The quantitative estimate of drug-likeness (QED) is 0.728. The van der Waals surface area contributed by atoms with Crippen molar-refractivity contribution in [2.45, 2.75) is 39.7 Å². The highest BCUT2D eigenvalue weighted by Gasteiger charge is 2.23. The zero-order chi connectivity index (χ0) is 19.0. The fourth-order valence-corrected chi connectivity index (χ4v) is 2.29. The van der Waals surface area contributed by atoms with Gasteiger partial charge in [0.1, 0.15) is 6.04 Å². The molecule has 0 heterocycles. The van der Waals surface area contributed by atoms with Gasteiger partial charge in [-0.1, -0.05) is 37.0 Å². The number of rotatable bonds is 7. The first kappa shape index (κ1) is 21.1. The summed E-state index contributed by atoms with van der Waals surface area (Å²) in [4.78, 5) is 23.6. The number of halogens is 2. The highest BCUT2D eigenvalue weighted by Crippen LogP contribution is 2.26. The standard InChI is InChI=1S/C17H21Cl2N3O3/c1-11(10-20)21-15(23)9-17(2,3)6-7-25-16(24)22-12-4-5-13(18)14(19)8-12/h4-5,8,11H,6-7,9H2,1-3H3,(H,21,23)(H,22,24). The van der Waals surface area contributed by atoms with Gasteiger partial charge >= 0.3 is 6.09 Å². The molecule has 2 N–H and O–H groups in total. The normalized spacial score (nSPS) is 12.0. The van der Waals surface area contributed by atoms with Crippen LogP contribution in [0.3, 0.4) is 0 Å². The number of benzene rings is 1. The Morgan fingerprint density at radius 3 is 2.60 bits per heavy atom. The second-order valence-electron chi connectivity index (χ2n) is 6.40. The molecule has 6 nitrogen and oxygen atoms in total. The van der Waals surface area contributed by atoms with Crippen molar-refractivity contribution in [3.05, 3.63) is 28.2 Å². The molecule has 1 unspecified atom stereocenters. The molecule has 1 aromatic carbocycles. The minimum atomic E-state index is -0.614. The van der Waals surface area contributed by atoms with Gasteiger partial charge in [0.15, 0.2) is 0 Å². The van der Waals surface area contributed by atoms with Gasteiger partial charge in [-0.05, 0) is 37.0 Å². The predicted molar refractivity (Wildman–Crippen MR) is 97.7 cm³/mol. The van der Waals surface area contributed by atoms with Gasteiger partial charge in [-0.2, -0.15) is 5.26 Å². The van der Waals surface area contributed by atoms with Crippen molar-refractivity contribution in [3.63, 3.8) is 0 Å². The van der Waals surface area contributed by atoms with Crippen LogP contribution < -0.4 is 10.6 Å². The van der Waals surface area contributed by atoms with Crippen LogP contribution in [-0.2, 0) is 9.53 Å². The first-order chi connectivity index (χ1) is 11.6. The third-order valence-electron chi connectivity index (χ3n) is 3.39. The van der Waals surface area contributed by atoms with E-state index >= 15 is 0 Å². The molecular weight excluding hydrogens is 365 g/mol. The van der Waals surface area contributed by atoms with Crippen LogP contribution in [0.5, 0.6) is 0 Å². The molecular formula is C17H21Cl2N3O3. The second kappa shape index (κ2) is 9.50. The van der Waals surface area contributed by atoms with E-state index < -0.39 is 12.1 Å². The maximum Gasteiger partial charge on any atom is 0.411 e. The molecule has 1 atom stereocenters. The van der Waals surface area contributed by atoms with Gasteiger partial charge in [0.2, 0.25) is 5.91 Å². The lowest BCUT2D eigenvalue weighted by atomic mass is 9.85. The monoisotopic (exact) mass is 385 g/mol. The van der Waals surface area contributed by atoms with Crippen LogP contribution in [-0.4, -0.2) is 24.6 Å². The average Bonchev–Trinajstić information content (AvgIpc) is 2.49. The average molecular weight is 386 g/mol. The molecule has 8 heteroatoms. The molecule has 2 amide bonds. The summed E-state index contributed by atoms with van der Waals surface area (Å²) in [5, 5.41) is 14.6. The van der Waals surface area contributed by atoms with Crippen molar-refractivity contribution in [1.29, 1.82) is 5.26 Å². The van der Waals surface area contributed by atoms with Gasteiger partial charge in [0, 0.05) is 12.1 Å². The predicted octanol–water partition coefficient (Wildman–Crippen LogP) is 4.38. The molecule has 136 valence electrons. The van der Waals surface area contributed by atoms with Crippen LogP contribution in [0.15, 0.2) is 18.2 Å². The molecule has 1 rings (SSSR count). The van der Waals surface area contributed by atoms with Crippen molar-refractivity contribution in [1.82, 2.24) is 5.32 Å². The summed E-state index contributed by atoms with van der Waals surface area (Å²) < 4.78 is 5.13. The maximum absolute atomic E-state index is 11.8. The minimum absolute atomic E-state index is 0.154. The third-order valence-corrected chi connectivity index (χ3v) is 4.13. The van der Waals surface area contributed by atoms with E-state index in [2.05, 4.69) is 10.6 Å². The number of nitriles is 1. The van der Waals surface area contributed by atoms with E-state index in [4.69, 9.17) is 33.2 Å². The molecule has 0 fully saturated rings. The zero-order valence-corrected chi connectivity index (χ0v) is 15.9. The van der Waals surface area contributed by atoms with Crippen LogP contribution >= 0.6 is 23.2 Å². The maximum atomic E-state index is 11.8. The van der Waals surface area contributed by atoms with Gasteiger partial charge in [0.05, 0.1) is 22.7 Å². The number of anilines is 1. The van der Waals surface area contributed by atoms with Gasteiger partial charge in [-0.25, -0.2) is 4.79 Å². The van der Waals surface area contributed by atoms with Crippen molar-refractivity contribution < 1.29 is 14.3 Å². The fraction of sp³-hybridized carbons (Fsp3) is 0.471. The molecule has 0 aliphatic rings. The van der Waals surface area contributed by atoms with E-state index in [1.165, 1.54) is 6.07 Å². The smallest absolute Gasteiger partial charge is 0.411 e. The summed E-state index contributed by atoms with van der Waals surface area (Å²) in [6.45, 7) is 5.55. The number of ether oxygens (including phenoxy) is 1. The van der Waals surface area contributed by atoms with Crippen molar-refractivity contribution >= 4 is 40.9 Å². The Bertz CT molecular complexity index is 672. The molecule has 0 aromatic heterocycles. The van der Waals surface area contributed by atoms with E-state index in [9.17, 15) is 9.59 Å². The lowest BCUT2D eigenvalue weighted by Crippen LogP contribution is -2.35. The minimum Gasteiger partial charge on any atom is -0.449 e. The number of carbonyl (C=O) groups excluding carboxylic acids is 2. The lowest BCUT2D eigenvalue weighted by molar-refractivity contribution is -0.123. The van der Waals surface area contributed by atoms with Gasteiger partial charge in [-0.15, -0.1) is 0 Å². The van der Waals surface area contributed by atoms with Crippen LogP contribution in [0.1, 0.15) is 33.6 Å². The molecule has 0 spiro atoms. The summed E-state index contributed by atoms with van der Waals surface area (Å²) in [6.07, 6.45) is 0.115. The Morgan fingerprint density at radius 2 is 2.00 bits per heavy atom. The van der Waals surface area contributed by atoms with Crippen LogP contribution in [0.25, 0.3) is 0 Å². The Hall–Kier alpha value is -1.97. The first-order valence-electron chi connectivity index (χ1n) is 7.71. The molecule has 1 aromatic rings. The largest absolute Gasteiger partial charge is 0.449 e. The molecule has 0 radical (unpaired) electrons. The van der Waals surface area contributed by atoms with Crippen molar-refractivity contribution in [3.8, 4) is 6.07 Å². The Labute approximate surface area is 157 Å². The summed E-state index contributed by atoms with van der Waals surface area (Å²) in [7, 11) is 0. The first-order valence-corrected chi connectivity index (χ1v) is 8.46. The van der Waals surface area contributed by atoms with Crippen LogP contribution in [0.2, 0.25) is 10.0 Å². The van der Waals surface area contributed by atoms with E-state index in [-0.39, 0.29) is 24.3 Å². The van der Waals surface area contributed by atoms with Crippen LogP contribution in [0.4, 0.5) is 10.5 Å². The third kappa shape index (κ3) is 8.10. The van der Waals surface area contributed by atoms with Gasteiger partial charge < -0.3 is 10.1 Å². The van der Waals surface area contributed by atoms with Crippen molar-refractivity contribution in [2.24, 2.45) is 5.41 Å². The van der Waals surface area contributed by atoms with Crippen molar-refractivity contribution in [2.75, 3.05) is 11.9 Å². The highest BCUT2D eigenvalue weighted by molar-refractivity contribution is 6.42. The fourth-order valence-electron chi connectivity index (χ4n) is 2.00. The number of amides is 2. The summed E-state index contributed by atoms with van der Waals surface area (Å²) in [6, 6.07) is 6.12. The summed E-state index contributed by atoms with van der Waals surface area (Å²) in [5.74, 6) is -0.209. The van der Waals surface area contributed by atoms with E-state index in [0.717, 1.165) is 0 Å². The molecule has 0 bridgehead atoms. The molecule has 0 aliphatic carbocycles. The Balaban J connectivity index is 2.39. The molecule has 25 heavy (non-hydrogen) atoms. The second-order valence-corrected chi connectivity index (χ2v) is 7.21. The van der Waals surface area contributed by atoms with E-state index in [1.807, 2.05) is 19.9 Å². The molecule has 0 saturated carbocycles. The Kier molecular flexibility index (Phi) is 8.01. The summed E-state index contributed by atoms with van der Waals surface area (Å²) >= 11 is 11.7. The molecule has 0 aliphatic heterocycles. The van der Waals surface area contributed by atoms with E-state index in [0.29, 0.717) is 22.2 Å². The lowest BCUT2D eigenvalue weighted by Gasteiger charge is -2.24. The van der Waals surface area contributed by atoms with Crippen LogP contribution in [0, 0.1) is 16.7 Å². The SMILES string of the molecule is CC(C#N)NC(=O)CC(C)(C)CCOC(=O)Nc1ccc(Cl)c(Cl)c1. The Morgan fingerprint density at radius 1 is 1.32 bits per heavy atom. The number of hydrogen-bond acceptors (Lipinski definition) is 4. The van der Waals surface area contributed by atoms with E-state index in [1.54, 1.807) is 19.1 Å². The topological polar surface area (TPSA) is 91.2 Å². The number of hydrogen-bond donors (Lipinski definition) is 2. The number of nitrogens with one attached hydrogen (secondary N) is 2.